The maximum Gasteiger partial charge on any atom is 0.367 e. The van der Waals surface area contributed by atoms with Gasteiger partial charge in [0.2, 0.25) is 6.04 Å². The second-order valence-corrected chi connectivity index (χ2v) is 4.45. The van der Waals surface area contributed by atoms with Gasteiger partial charge in [-0.2, -0.15) is 10.2 Å². The Labute approximate surface area is 118 Å². The van der Waals surface area contributed by atoms with Crippen LogP contribution >= 0.6 is 0 Å². The van der Waals surface area contributed by atoms with Crippen LogP contribution < -0.4 is 4.90 Å². The third-order valence-electron chi connectivity index (χ3n) is 3.17. The predicted molar refractivity (Wildman–Crippen MR) is 77.5 cm³/mol. The minimum absolute atomic E-state index is 0.481. The van der Waals surface area contributed by atoms with Crippen molar-refractivity contribution in [3.05, 3.63) is 24.3 Å². The Kier molecular flexibility index (Phi) is 4.45. The van der Waals surface area contributed by atoms with Crippen LogP contribution in [0.25, 0.3) is 0 Å². The maximum absolute atomic E-state index is 11.3. The Morgan fingerprint density at radius 1 is 1.25 bits per heavy atom. The molecule has 0 N–H and O–H groups in total. The molecule has 6 nitrogen and oxygen atoms in total. The van der Waals surface area contributed by atoms with E-state index in [1.807, 2.05) is 24.3 Å². The number of hydrogen-bond donors (Lipinski definition) is 0. The molecule has 1 heterocycles. The largest absolute Gasteiger partial charge is 0.372 e. The molecule has 2 rings (SSSR count). The quantitative estimate of drug-likeness (QED) is 0.612. The summed E-state index contributed by atoms with van der Waals surface area (Å²) < 4.78 is 0. The van der Waals surface area contributed by atoms with Gasteiger partial charge in [-0.3, -0.25) is 0 Å². The van der Waals surface area contributed by atoms with Gasteiger partial charge >= 0.3 is 5.97 Å². The van der Waals surface area contributed by atoms with Crippen molar-refractivity contribution in [3.63, 3.8) is 0 Å². The van der Waals surface area contributed by atoms with Gasteiger partial charge in [-0.15, -0.1) is 0 Å². The predicted octanol–water partition coefficient (Wildman–Crippen LogP) is 2.92. The van der Waals surface area contributed by atoms with Crippen molar-refractivity contribution < 1.29 is 9.63 Å². The van der Waals surface area contributed by atoms with E-state index in [1.54, 1.807) is 6.92 Å². The third kappa shape index (κ3) is 3.01. The molecular formula is C14H18N4O2. The van der Waals surface area contributed by atoms with E-state index in [4.69, 9.17) is 0 Å². The molecule has 6 heteroatoms. The van der Waals surface area contributed by atoms with Gasteiger partial charge in [-0.05, 0) is 45.0 Å². The summed E-state index contributed by atoms with van der Waals surface area (Å²) in [6.45, 7) is 7.84. The smallest absolute Gasteiger partial charge is 0.367 e. The number of rotatable bonds is 5. The van der Waals surface area contributed by atoms with Gasteiger partial charge in [-0.25, -0.2) is 4.79 Å². The van der Waals surface area contributed by atoms with E-state index in [1.165, 1.54) is 0 Å². The average molecular weight is 274 g/mol. The summed E-state index contributed by atoms with van der Waals surface area (Å²) >= 11 is 0. The van der Waals surface area contributed by atoms with Crippen molar-refractivity contribution in [1.29, 1.82) is 0 Å². The molecule has 0 amide bonds. The van der Waals surface area contributed by atoms with E-state index in [-0.39, 0.29) is 0 Å². The fourth-order valence-corrected chi connectivity index (χ4v) is 1.96. The lowest BCUT2D eigenvalue weighted by Crippen LogP contribution is -2.21. The first-order valence-corrected chi connectivity index (χ1v) is 6.67. The lowest BCUT2D eigenvalue weighted by Gasteiger charge is -2.20. The van der Waals surface area contributed by atoms with Crippen LogP contribution in [0.2, 0.25) is 0 Å². The first kappa shape index (κ1) is 14.2. The maximum atomic E-state index is 11.3. The van der Waals surface area contributed by atoms with E-state index >= 15 is 0 Å². The zero-order valence-corrected chi connectivity index (χ0v) is 11.9. The van der Waals surface area contributed by atoms with Crippen LogP contribution in [0.5, 0.6) is 0 Å². The normalized spacial score (nSPS) is 18.2. The zero-order valence-electron chi connectivity index (χ0n) is 11.9. The Morgan fingerprint density at radius 2 is 1.90 bits per heavy atom. The second kappa shape index (κ2) is 6.27. The van der Waals surface area contributed by atoms with Crippen LogP contribution in [0.3, 0.4) is 0 Å². The Bertz CT molecular complexity index is 533. The number of benzene rings is 1. The molecule has 0 unspecified atom stereocenters. The van der Waals surface area contributed by atoms with Crippen molar-refractivity contribution in [2.75, 3.05) is 18.0 Å². The lowest BCUT2D eigenvalue weighted by molar-refractivity contribution is -0.141. The molecule has 0 bridgehead atoms. The summed E-state index contributed by atoms with van der Waals surface area (Å²) in [5.74, 6) is -0.481. The Balaban J connectivity index is 2.07. The summed E-state index contributed by atoms with van der Waals surface area (Å²) in [6.07, 6.45) is 0. The van der Waals surface area contributed by atoms with Crippen molar-refractivity contribution in [1.82, 2.24) is 0 Å². The fraction of sp³-hybridized carbons (Fsp3) is 0.429. The average Bonchev–Trinajstić information content (AvgIpc) is 2.78. The number of carbonyl (C=O) groups is 1. The summed E-state index contributed by atoms with van der Waals surface area (Å²) in [5.41, 5.74) is 2.37. The monoisotopic (exact) mass is 274 g/mol. The minimum atomic E-state index is -0.711. The van der Waals surface area contributed by atoms with Gasteiger partial charge in [0, 0.05) is 18.8 Å². The van der Waals surface area contributed by atoms with Crippen LogP contribution in [-0.4, -0.2) is 30.8 Å². The zero-order chi connectivity index (χ0) is 14.5. The number of hydrogen-bond acceptors (Lipinski definition) is 6. The van der Waals surface area contributed by atoms with Crippen molar-refractivity contribution in [3.8, 4) is 0 Å². The Morgan fingerprint density at radius 3 is 2.40 bits per heavy atom. The van der Waals surface area contributed by atoms with E-state index < -0.39 is 12.0 Å². The molecule has 106 valence electrons. The van der Waals surface area contributed by atoms with Gasteiger partial charge in [0.25, 0.3) is 0 Å². The molecule has 1 aromatic rings. The first-order chi connectivity index (χ1) is 9.65. The molecule has 1 atom stereocenters. The molecule has 1 aliphatic rings. The van der Waals surface area contributed by atoms with Crippen LogP contribution in [0.1, 0.15) is 20.8 Å². The van der Waals surface area contributed by atoms with Gasteiger partial charge in [0.15, 0.2) is 0 Å². The van der Waals surface area contributed by atoms with Gasteiger partial charge < -0.3 is 9.74 Å². The minimum Gasteiger partial charge on any atom is -0.372 e. The standard InChI is InChI=1S/C14H18N4O2/c1-4-18(5-2)12-8-6-11(7-9-12)15-16-13-10(3)17-20-14(13)19/h6-9,13H,4-5H2,1-3H3/t13-/m1/s1. The van der Waals surface area contributed by atoms with Crippen LogP contribution in [0, 0.1) is 0 Å². The SMILES string of the molecule is CCN(CC)c1ccc(N=N[C@H]2C(=O)ON=C2C)cc1. The molecule has 0 fully saturated rings. The third-order valence-corrected chi connectivity index (χ3v) is 3.17. The van der Waals surface area contributed by atoms with E-state index in [0.717, 1.165) is 18.8 Å². The van der Waals surface area contributed by atoms with Crippen LogP contribution in [0.4, 0.5) is 11.4 Å². The molecule has 1 aliphatic heterocycles. The highest BCUT2D eigenvalue weighted by molar-refractivity contribution is 6.07. The Hall–Kier alpha value is -2.24. The highest BCUT2D eigenvalue weighted by Gasteiger charge is 2.29. The summed E-state index contributed by atoms with van der Waals surface area (Å²) in [4.78, 5) is 18.1. The number of carbonyl (C=O) groups excluding carboxylic acids is 1. The van der Waals surface area contributed by atoms with Gasteiger partial charge in [0.05, 0.1) is 11.4 Å². The topological polar surface area (TPSA) is 66.6 Å². The van der Waals surface area contributed by atoms with Gasteiger partial charge in [-0.1, -0.05) is 5.16 Å². The highest BCUT2D eigenvalue weighted by atomic mass is 16.7. The molecule has 1 aromatic carbocycles. The van der Waals surface area contributed by atoms with Crippen molar-refractivity contribution >= 4 is 23.1 Å². The van der Waals surface area contributed by atoms with Crippen LogP contribution in [0.15, 0.2) is 39.6 Å². The van der Waals surface area contributed by atoms with E-state index in [0.29, 0.717) is 11.4 Å². The first-order valence-electron chi connectivity index (χ1n) is 6.67. The molecule has 0 aromatic heterocycles. The number of nitrogens with zero attached hydrogens (tertiary/aromatic N) is 4. The lowest BCUT2D eigenvalue weighted by atomic mass is 10.2. The molecule has 20 heavy (non-hydrogen) atoms. The van der Waals surface area contributed by atoms with Gasteiger partial charge in [0.1, 0.15) is 0 Å². The van der Waals surface area contributed by atoms with E-state index in [2.05, 4.69) is 39.0 Å². The molecule has 0 radical (unpaired) electrons. The number of oxime groups is 1. The highest BCUT2D eigenvalue weighted by Crippen LogP contribution is 2.21. The summed E-state index contributed by atoms with van der Waals surface area (Å²) in [5, 5.41) is 11.6. The summed E-state index contributed by atoms with van der Waals surface area (Å²) in [7, 11) is 0. The van der Waals surface area contributed by atoms with Crippen molar-refractivity contribution in [2.45, 2.75) is 26.8 Å². The second-order valence-electron chi connectivity index (χ2n) is 4.45. The van der Waals surface area contributed by atoms with Crippen molar-refractivity contribution in [2.24, 2.45) is 15.4 Å². The number of azo groups is 1. The molecule has 0 spiro atoms. The number of anilines is 1. The van der Waals surface area contributed by atoms with Crippen LogP contribution in [-0.2, 0) is 9.63 Å². The molecule has 0 saturated carbocycles. The molecule has 0 saturated heterocycles. The fourth-order valence-electron chi connectivity index (χ4n) is 1.96. The summed E-state index contributed by atoms with van der Waals surface area (Å²) in [6, 6.07) is 7.04. The molecule has 0 aliphatic carbocycles. The van der Waals surface area contributed by atoms with E-state index in [9.17, 15) is 4.79 Å². The molecular weight excluding hydrogens is 256 g/mol.